The van der Waals surface area contributed by atoms with Crippen molar-refractivity contribution in [3.05, 3.63) is 53.9 Å². The predicted octanol–water partition coefficient (Wildman–Crippen LogP) is 3.10. The standard InChI is InChI=1S/C21H23N3O5/c1-14-5-7-15(8-6-14)28-13-20(25)24(2)12-19-22-21(23-29-19)17-10-9-16(26-3)11-18(17)27-4/h5-11H,12-13H2,1-4H3. The van der Waals surface area contributed by atoms with E-state index < -0.39 is 0 Å². The second kappa shape index (κ2) is 9.09. The summed E-state index contributed by atoms with van der Waals surface area (Å²) in [7, 11) is 4.79. The molecule has 0 unspecified atom stereocenters. The van der Waals surface area contributed by atoms with E-state index in [0.29, 0.717) is 34.5 Å². The Bertz CT molecular complexity index is 969. The van der Waals surface area contributed by atoms with Crippen molar-refractivity contribution < 1.29 is 23.5 Å². The Hall–Kier alpha value is -3.55. The SMILES string of the molecule is COc1ccc(-c2noc(CN(C)C(=O)COc3ccc(C)cc3)n2)c(OC)c1. The Morgan fingerprint density at radius 3 is 2.48 bits per heavy atom. The number of nitrogens with zero attached hydrogens (tertiary/aromatic N) is 3. The third-order valence-electron chi connectivity index (χ3n) is 4.30. The van der Waals surface area contributed by atoms with Gasteiger partial charge < -0.3 is 23.6 Å². The second-order valence-electron chi connectivity index (χ2n) is 6.43. The van der Waals surface area contributed by atoms with Gasteiger partial charge in [0.1, 0.15) is 17.2 Å². The Kier molecular flexibility index (Phi) is 6.33. The zero-order chi connectivity index (χ0) is 20.8. The van der Waals surface area contributed by atoms with Crippen LogP contribution < -0.4 is 14.2 Å². The lowest BCUT2D eigenvalue weighted by Crippen LogP contribution is -2.31. The van der Waals surface area contributed by atoms with E-state index in [-0.39, 0.29) is 19.1 Å². The summed E-state index contributed by atoms with van der Waals surface area (Å²) in [5, 5.41) is 3.99. The first-order chi connectivity index (χ1) is 14.0. The van der Waals surface area contributed by atoms with Gasteiger partial charge in [0.05, 0.1) is 26.3 Å². The quantitative estimate of drug-likeness (QED) is 0.577. The molecule has 1 heterocycles. The molecule has 0 radical (unpaired) electrons. The molecule has 0 fully saturated rings. The van der Waals surface area contributed by atoms with Crippen LogP contribution >= 0.6 is 0 Å². The van der Waals surface area contributed by atoms with E-state index >= 15 is 0 Å². The minimum atomic E-state index is -0.202. The monoisotopic (exact) mass is 397 g/mol. The van der Waals surface area contributed by atoms with Crippen molar-refractivity contribution in [1.29, 1.82) is 0 Å². The summed E-state index contributed by atoms with van der Waals surface area (Å²) in [4.78, 5) is 18.1. The number of carbonyl (C=O) groups is 1. The summed E-state index contributed by atoms with van der Waals surface area (Å²) >= 11 is 0. The third kappa shape index (κ3) is 5.04. The highest BCUT2D eigenvalue weighted by atomic mass is 16.5. The molecule has 8 heteroatoms. The predicted molar refractivity (Wildman–Crippen MR) is 106 cm³/mol. The van der Waals surface area contributed by atoms with Gasteiger partial charge >= 0.3 is 0 Å². The molecule has 1 amide bonds. The molecular weight excluding hydrogens is 374 g/mol. The molecule has 3 rings (SSSR count). The van der Waals surface area contributed by atoms with Crippen molar-refractivity contribution in [2.45, 2.75) is 13.5 Å². The van der Waals surface area contributed by atoms with E-state index in [1.54, 1.807) is 39.5 Å². The fourth-order valence-corrected chi connectivity index (χ4v) is 2.59. The second-order valence-corrected chi connectivity index (χ2v) is 6.43. The zero-order valence-electron chi connectivity index (χ0n) is 16.8. The molecule has 152 valence electrons. The number of rotatable bonds is 8. The Morgan fingerprint density at radius 1 is 1.07 bits per heavy atom. The van der Waals surface area contributed by atoms with Crippen LogP contribution in [0.25, 0.3) is 11.4 Å². The maximum atomic E-state index is 12.3. The van der Waals surface area contributed by atoms with Crippen LogP contribution in [0.3, 0.4) is 0 Å². The number of benzene rings is 2. The first kappa shape index (κ1) is 20.2. The summed E-state index contributed by atoms with van der Waals surface area (Å²) in [6, 6.07) is 12.8. The molecule has 0 N–H and O–H groups in total. The van der Waals surface area contributed by atoms with Gasteiger partial charge in [-0.05, 0) is 31.2 Å². The maximum absolute atomic E-state index is 12.3. The number of hydrogen-bond acceptors (Lipinski definition) is 7. The molecule has 0 bridgehead atoms. The first-order valence-corrected chi connectivity index (χ1v) is 8.98. The van der Waals surface area contributed by atoms with Crippen molar-refractivity contribution in [3.63, 3.8) is 0 Å². The number of aromatic nitrogens is 2. The topological polar surface area (TPSA) is 86.9 Å². The van der Waals surface area contributed by atoms with Gasteiger partial charge in [-0.2, -0.15) is 4.98 Å². The average Bonchev–Trinajstić information content (AvgIpc) is 3.20. The van der Waals surface area contributed by atoms with E-state index in [2.05, 4.69) is 10.1 Å². The van der Waals surface area contributed by atoms with Crippen LogP contribution in [0.2, 0.25) is 0 Å². The summed E-state index contributed by atoms with van der Waals surface area (Å²) in [5.41, 5.74) is 1.79. The fourth-order valence-electron chi connectivity index (χ4n) is 2.59. The molecular formula is C21H23N3O5. The van der Waals surface area contributed by atoms with Gasteiger partial charge in [-0.1, -0.05) is 22.9 Å². The van der Waals surface area contributed by atoms with Crippen LogP contribution in [0, 0.1) is 6.92 Å². The van der Waals surface area contributed by atoms with Crippen LogP contribution in [0.4, 0.5) is 0 Å². The summed E-state index contributed by atoms with van der Waals surface area (Å²) in [6.07, 6.45) is 0. The van der Waals surface area contributed by atoms with Crippen molar-refractivity contribution in [3.8, 4) is 28.6 Å². The van der Waals surface area contributed by atoms with Gasteiger partial charge in [0, 0.05) is 13.1 Å². The van der Waals surface area contributed by atoms with Crippen LogP contribution in [-0.2, 0) is 11.3 Å². The van der Waals surface area contributed by atoms with Crippen molar-refractivity contribution in [2.75, 3.05) is 27.9 Å². The number of carbonyl (C=O) groups excluding carboxylic acids is 1. The van der Waals surface area contributed by atoms with Crippen molar-refractivity contribution in [2.24, 2.45) is 0 Å². The lowest BCUT2D eigenvalue weighted by Gasteiger charge is -2.15. The van der Waals surface area contributed by atoms with Crippen LogP contribution in [0.15, 0.2) is 47.0 Å². The fraction of sp³-hybridized carbons (Fsp3) is 0.286. The lowest BCUT2D eigenvalue weighted by molar-refractivity contribution is -0.132. The molecule has 29 heavy (non-hydrogen) atoms. The molecule has 0 aliphatic rings. The van der Waals surface area contributed by atoms with Gasteiger partial charge in [0.2, 0.25) is 11.7 Å². The lowest BCUT2D eigenvalue weighted by atomic mass is 10.2. The van der Waals surface area contributed by atoms with Crippen LogP contribution in [-0.4, -0.2) is 48.8 Å². The van der Waals surface area contributed by atoms with E-state index in [1.165, 1.54) is 4.90 Å². The van der Waals surface area contributed by atoms with Gasteiger partial charge in [-0.25, -0.2) is 0 Å². The summed E-state index contributed by atoms with van der Waals surface area (Å²) < 4.78 is 21.4. The summed E-state index contributed by atoms with van der Waals surface area (Å²) in [6.45, 7) is 2.08. The highest BCUT2D eigenvalue weighted by molar-refractivity contribution is 5.77. The van der Waals surface area contributed by atoms with Gasteiger partial charge in [0.25, 0.3) is 5.91 Å². The number of methoxy groups -OCH3 is 2. The number of aryl methyl sites for hydroxylation is 1. The van der Waals surface area contributed by atoms with Crippen LogP contribution in [0.5, 0.6) is 17.2 Å². The Balaban J connectivity index is 1.62. The minimum absolute atomic E-state index is 0.0765. The molecule has 0 aliphatic heterocycles. The normalized spacial score (nSPS) is 10.5. The molecule has 0 atom stereocenters. The molecule has 0 spiro atoms. The molecule has 0 aliphatic carbocycles. The minimum Gasteiger partial charge on any atom is -0.497 e. The van der Waals surface area contributed by atoms with E-state index in [9.17, 15) is 4.79 Å². The molecule has 2 aromatic carbocycles. The molecule has 0 saturated carbocycles. The number of likely N-dealkylation sites (N-methyl/N-ethyl adjacent to an activating group) is 1. The molecule has 0 saturated heterocycles. The number of ether oxygens (including phenoxy) is 3. The van der Waals surface area contributed by atoms with E-state index in [0.717, 1.165) is 5.56 Å². The van der Waals surface area contributed by atoms with Gasteiger partial charge in [0.15, 0.2) is 6.61 Å². The Labute approximate surface area is 169 Å². The van der Waals surface area contributed by atoms with E-state index in [1.807, 2.05) is 31.2 Å². The van der Waals surface area contributed by atoms with Crippen molar-refractivity contribution in [1.82, 2.24) is 15.0 Å². The van der Waals surface area contributed by atoms with Gasteiger partial charge in [-0.15, -0.1) is 0 Å². The largest absolute Gasteiger partial charge is 0.497 e. The summed E-state index contributed by atoms with van der Waals surface area (Å²) in [5.74, 6) is 2.34. The zero-order valence-corrected chi connectivity index (χ0v) is 16.8. The number of hydrogen-bond donors (Lipinski definition) is 0. The highest BCUT2D eigenvalue weighted by Gasteiger charge is 2.17. The van der Waals surface area contributed by atoms with E-state index in [4.69, 9.17) is 18.7 Å². The average molecular weight is 397 g/mol. The molecule has 1 aromatic heterocycles. The highest BCUT2D eigenvalue weighted by Crippen LogP contribution is 2.31. The Morgan fingerprint density at radius 2 is 1.79 bits per heavy atom. The number of amides is 1. The van der Waals surface area contributed by atoms with Crippen molar-refractivity contribution >= 4 is 5.91 Å². The maximum Gasteiger partial charge on any atom is 0.260 e. The first-order valence-electron chi connectivity index (χ1n) is 8.98. The third-order valence-corrected chi connectivity index (χ3v) is 4.30. The van der Waals surface area contributed by atoms with Crippen LogP contribution in [0.1, 0.15) is 11.5 Å². The smallest absolute Gasteiger partial charge is 0.260 e. The van der Waals surface area contributed by atoms with Gasteiger partial charge in [-0.3, -0.25) is 4.79 Å². The molecule has 8 nitrogen and oxygen atoms in total. The molecule has 3 aromatic rings.